The van der Waals surface area contributed by atoms with Gasteiger partial charge in [-0.25, -0.2) is 0 Å². The van der Waals surface area contributed by atoms with Crippen LogP contribution in [0.2, 0.25) is 0 Å². The van der Waals surface area contributed by atoms with Crippen LogP contribution < -0.4 is 4.74 Å². The highest BCUT2D eigenvalue weighted by Crippen LogP contribution is 2.41. The molecular formula is C18H19NO3. The van der Waals surface area contributed by atoms with E-state index in [1.807, 2.05) is 12.3 Å². The maximum absolute atomic E-state index is 10.1. The summed E-state index contributed by atoms with van der Waals surface area (Å²) in [5.74, 6) is 0.961. The first-order valence-electron chi connectivity index (χ1n) is 7.56. The van der Waals surface area contributed by atoms with Crippen molar-refractivity contribution in [2.45, 2.75) is 32.0 Å². The molecule has 1 aromatic heterocycles. The first-order chi connectivity index (χ1) is 10.6. The van der Waals surface area contributed by atoms with Gasteiger partial charge in [0.05, 0.1) is 19.8 Å². The van der Waals surface area contributed by atoms with Gasteiger partial charge in [0, 0.05) is 34.5 Å². The van der Waals surface area contributed by atoms with Crippen LogP contribution in [0.25, 0.3) is 11.1 Å². The highest BCUT2D eigenvalue weighted by atomic mass is 16.5. The Morgan fingerprint density at radius 1 is 1.27 bits per heavy atom. The summed E-state index contributed by atoms with van der Waals surface area (Å²) in [5.41, 5.74) is 5.27. The van der Waals surface area contributed by atoms with E-state index in [4.69, 9.17) is 9.47 Å². The van der Waals surface area contributed by atoms with Gasteiger partial charge < -0.3 is 14.6 Å². The van der Waals surface area contributed by atoms with Gasteiger partial charge in [-0.05, 0) is 23.3 Å². The van der Waals surface area contributed by atoms with Crippen molar-refractivity contribution in [3.63, 3.8) is 0 Å². The fourth-order valence-corrected chi connectivity index (χ4v) is 3.25. The Morgan fingerprint density at radius 2 is 2.14 bits per heavy atom. The second kappa shape index (κ2) is 4.80. The molecule has 4 rings (SSSR count). The van der Waals surface area contributed by atoms with Crippen molar-refractivity contribution in [1.29, 1.82) is 0 Å². The number of pyridine rings is 1. The quantitative estimate of drug-likeness (QED) is 0.879. The van der Waals surface area contributed by atoms with Crippen molar-refractivity contribution in [1.82, 2.24) is 4.98 Å². The summed E-state index contributed by atoms with van der Waals surface area (Å²) in [7, 11) is 0. The normalized spacial score (nSPS) is 21.9. The summed E-state index contributed by atoms with van der Waals surface area (Å²) in [6, 6.07) is 6.26. The highest BCUT2D eigenvalue weighted by molar-refractivity contribution is 5.70. The van der Waals surface area contributed by atoms with Gasteiger partial charge in [-0.3, -0.25) is 4.98 Å². The zero-order chi connectivity index (χ0) is 15.3. The maximum atomic E-state index is 10.1. The average Bonchev–Trinajstić information content (AvgIpc) is 2.82. The zero-order valence-corrected chi connectivity index (χ0v) is 12.8. The van der Waals surface area contributed by atoms with Crippen molar-refractivity contribution in [2.24, 2.45) is 0 Å². The van der Waals surface area contributed by atoms with Crippen LogP contribution in [0, 0.1) is 0 Å². The molecule has 0 saturated carbocycles. The SMILES string of the molecule is CC1(C)COc2ccc(-c3cncc4c3COCC4O)cc21. The van der Waals surface area contributed by atoms with Gasteiger partial charge in [0.25, 0.3) is 0 Å². The lowest BCUT2D eigenvalue weighted by molar-refractivity contribution is 0.00981. The van der Waals surface area contributed by atoms with Gasteiger partial charge in [0.2, 0.25) is 0 Å². The Morgan fingerprint density at radius 3 is 3.00 bits per heavy atom. The molecule has 22 heavy (non-hydrogen) atoms. The predicted molar refractivity (Wildman–Crippen MR) is 82.8 cm³/mol. The Bertz CT molecular complexity index is 739. The molecule has 1 N–H and O–H groups in total. The summed E-state index contributed by atoms with van der Waals surface area (Å²) in [6.45, 7) is 5.94. The molecule has 0 spiro atoms. The van der Waals surface area contributed by atoms with E-state index in [0.29, 0.717) is 19.8 Å². The minimum Gasteiger partial charge on any atom is -0.492 e. The Balaban J connectivity index is 1.86. The van der Waals surface area contributed by atoms with Crippen LogP contribution in [0.4, 0.5) is 0 Å². The molecular weight excluding hydrogens is 278 g/mol. The molecule has 2 aromatic rings. The van der Waals surface area contributed by atoms with E-state index >= 15 is 0 Å². The molecule has 1 unspecified atom stereocenters. The van der Waals surface area contributed by atoms with Gasteiger partial charge in [-0.2, -0.15) is 0 Å². The molecule has 0 radical (unpaired) electrons. The number of aliphatic hydroxyl groups excluding tert-OH is 1. The van der Waals surface area contributed by atoms with E-state index < -0.39 is 6.10 Å². The standard InChI is InChI=1S/C18H19NO3/c1-18(2)10-22-17-4-3-11(5-15(17)18)12-6-19-7-13-14(12)8-21-9-16(13)20/h3-7,16,20H,8-10H2,1-2H3. The van der Waals surface area contributed by atoms with Crippen LogP contribution in [0.1, 0.15) is 36.6 Å². The number of ether oxygens (including phenoxy) is 2. The van der Waals surface area contributed by atoms with Crippen LogP contribution in [-0.2, 0) is 16.8 Å². The Hall–Kier alpha value is -1.91. The smallest absolute Gasteiger partial charge is 0.123 e. The minimum atomic E-state index is -0.592. The minimum absolute atomic E-state index is 0.0175. The summed E-state index contributed by atoms with van der Waals surface area (Å²) >= 11 is 0. The lowest BCUT2D eigenvalue weighted by atomic mass is 9.84. The molecule has 4 nitrogen and oxygen atoms in total. The first-order valence-corrected chi connectivity index (χ1v) is 7.56. The van der Waals surface area contributed by atoms with E-state index in [9.17, 15) is 5.11 Å². The van der Waals surface area contributed by atoms with Crippen molar-refractivity contribution in [2.75, 3.05) is 13.2 Å². The number of benzene rings is 1. The molecule has 114 valence electrons. The summed E-state index contributed by atoms with van der Waals surface area (Å²) < 4.78 is 11.3. The summed E-state index contributed by atoms with van der Waals surface area (Å²) in [5, 5.41) is 10.1. The van der Waals surface area contributed by atoms with Gasteiger partial charge in [0.15, 0.2) is 0 Å². The predicted octanol–water partition coefficient (Wildman–Crippen LogP) is 2.98. The van der Waals surface area contributed by atoms with Crippen molar-refractivity contribution < 1.29 is 14.6 Å². The highest BCUT2D eigenvalue weighted by Gasteiger charge is 2.32. The average molecular weight is 297 g/mol. The topological polar surface area (TPSA) is 51.6 Å². The lowest BCUT2D eigenvalue weighted by Crippen LogP contribution is -2.18. The Labute approximate surface area is 129 Å². The molecule has 1 aromatic carbocycles. The van der Waals surface area contributed by atoms with Gasteiger partial charge in [-0.15, -0.1) is 0 Å². The van der Waals surface area contributed by atoms with Crippen LogP contribution >= 0.6 is 0 Å². The number of nitrogens with zero attached hydrogens (tertiary/aromatic N) is 1. The number of fused-ring (bicyclic) bond motifs is 2. The van der Waals surface area contributed by atoms with Gasteiger partial charge >= 0.3 is 0 Å². The van der Waals surface area contributed by atoms with Crippen molar-refractivity contribution in [3.8, 4) is 16.9 Å². The summed E-state index contributed by atoms with van der Waals surface area (Å²) in [4.78, 5) is 4.31. The molecule has 3 heterocycles. The second-order valence-corrected chi connectivity index (χ2v) is 6.67. The molecule has 0 amide bonds. The van der Waals surface area contributed by atoms with Gasteiger partial charge in [0.1, 0.15) is 11.9 Å². The van der Waals surface area contributed by atoms with E-state index in [1.54, 1.807) is 6.20 Å². The molecule has 4 heteroatoms. The molecule has 0 fully saturated rings. The van der Waals surface area contributed by atoms with E-state index in [-0.39, 0.29) is 5.41 Å². The second-order valence-electron chi connectivity index (χ2n) is 6.67. The van der Waals surface area contributed by atoms with E-state index in [0.717, 1.165) is 28.0 Å². The molecule has 0 saturated heterocycles. The molecule has 0 aliphatic carbocycles. The molecule has 0 bridgehead atoms. The van der Waals surface area contributed by atoms with Crippen LogP contribution in [0.3, 0.4) is 0 Å². The first kappa shape index (κ1) is 13.7. The third-order valence-corrected chi connectivity index (χ3v) is 4.58. The Kier molecular flexibility index (Phi) is 2.99. The van der Waals surface area contributed by atoms with Crippen LogP contribution in [0.15, 0.2) is 30.6 Å². The number of aliphatic hydroxyl groups is 1. The third kappa shape index (κ3) is 2.02. The number of rotatable bonds is 1. The number of hydrogen-bond acceptors (Lipinski definition) is 4. The lowest BCUT2D eigenvalue weighted by Gasteiger charge is -2.24. The molecule has 2 aliphatic heterocycles. The van der Waals surface area contributed by atoms with Crippen molar-refractivity contribution in [3.05, 3.63) is 47.3 Å². The van der Waals surface area contributed by atoms with Gasteiger partial charge in [-0.1, -0.05) is 19.9 Å². The zero-order valence-electron chi connectivity index (χ0n) is 12.8. The fourth-order valence-electron chi connectivity index (χ4n) is 3.25. The van der Waals surface area contributed by atoms with E-state index in [1.165, 1.54) is 5.56 Å². The third-order valence-electron chi connectivity index (χ3n) is 4.58. The number of aromatic nitrogens is 1. The van der Waals surface area contributed by atoms with Crippen LogP contribution in [0.5, 0.6) is 5.75 Å². The van der Waals surface area contributed by atoms with E-state index in [2.05, 4.69) is 31.0 Å². The largest absolute Gasteiger partial charge is 0.492 e. The monoisotopic (exact) mass is 297 g/mol. The van der Waals surface area contributed by atoms with Crippen LogP contribution in [-0.4, -0.2) is 23.3 Å². The summed E-state index contributed by atoms with van der Waals surface area (Å²) in [6.07, 6.45) is 3.00. The molecule has 2 aliphatic rings. The fraction of sp³-hybridized carbons (Fsp3) is 0.389. The van der Waals surface area contributed by atoms with Crippen molar-refractivity contribution >= 4 is 0 Å². The number of hydrogen-bond donors (Lipinski definition) is 1. The maximum Gasteiger partial charge on any atom is 0.123 e. The molecule has 1 atom stereocenters.